The highest BCUT2D eigenvalue weighted by atomic mass is 32.1. The van der Waals surface area contributed by atoms with E-state index in [2.05, 4.69) is 29.5 Å². The third-order valence-electron chi connectivity index (χ3n) is 3.85. The predicted molar refractivity (Wildman–Crippen MR) is 104 cm³/mol. The molecule has 3 aromatic rings. The van der Waals surface area contributed by atoms with E-state index in [9.17, 15) is 9.59 Å². The summed E-state index contributed by atoms with van der Waals surface area (Å²) in [5.41, 5.74) is 7.60. The first kappa shape index (κ1) is 17.9. The molecular formula is C19H20N4O2S. The van der Waals surface area contributed by atoms with E-state index in [0.717, 1.165) is 15.2 Å². The van der Waals surface area contributed by atoms with Crippen molar-refractivity contribution < 1.29 is 9.59 Å². The largest absolute Gasteiger partial charge is 0.368 e. The van der Waals surface area contributed by atoms with E-state index in [1.165, 1.54) is 0 Å². The molecule has 0 saturated carbocycles. The van der Waals surface area contributed by atoms with E-state index >= 15 is 0 Å². The summed E-state index contributed by atoms with van der Waals surface area (Å²) in [7, 11) is 0. The molecule has 6 nitrogen and oxygen atoms in total. The molecule has 0 aliphatic rings. The van der Waals surface area contributed by atoms with Crippen molar-refractivity contribution in [3.63, 3.8) is 0 Å². The van der Waals surface area contributed by atoms with Crippen molar-refractivity contribution in [1.82, 2.24) is 10.3 Å². The summed E-state index contributed by atoms with van der Waals surface area (Å²) in [4.78, 5) is 28.6. The number of nitrogens with zero attached hydrogens (tertiary/aromatic N) is 1. The van der Waals surface area contributed by atoms with Crippen LogP contribution in [0.5, 0.6) is 0 Å². The van der Waals surface area contributed by atoms with E-state index in [1.54, 1.807) is 41.7 Å². The van der Waals surface area contributed by atoms with Crippen LogP contribution in [0.1, 0.15) is 36.4 Å². The van der Waals surface area contributed by atoms with Crippen molar-refractivity contribution in [3.8, 4) is 0 Å². The van der Waals surface area contributed by atoms with Gasteiger partial charge >= 0.3 is 6.03 Å². The minimum Gasteiger partial charge on any atom is -0.368 e. The van der Waals surface area contributed by atoms with Gasteiger partial charge in [-0.1, -0.05) is 44.2 Å². The maximum atomic E-state index is 12.3. The van der Waals surface area contributed by atoms with Gasteiger partial charge in [0.2, 0.25) is 5.91 Å². The molecule has 0 unspecified atom stereocenters. The highest BCUT2D eigenvalue weighted by Gasteiger charge is 2.20. The minimum atomic E-state index is -0.893. The van der Waals surface area contributed by atoms with Gasteiger partial charge in [-0.2, -0.15) is 0 Å². The van der Waals surface area contributed by atoms with Crippen molar-refractivity contribution in [3.05, 3.63) is 59.1 Å². The molecule has 0 saturated heterocycles. The number of nitrogens with one attached hydrogen (secondary N) is 2. The van der Waals surface area contributed by atoms with Gasteiger partial charge in [-0.3, -0.25) is 4.79 Å². The Morgan fingerprint density at radius 2 is 1.85 bits per heavy atom. The number of primary amides is 1. The zero-order chi connectivity index (χ0) is 18.7. The summed E-state index contributed by atoms with van der Waals surface area (Å²) in [5.74, 6) is -0.264. The average molecular weight is 368 g/mol. The van der Waals surface area contributed by atoms with Crippen LogP contribution < -0.4 is 16.4 Å². The molecule has 26 heavy (non-hydrogen) atoms. The van der Waals surface area contributed by atoms with Gasteiger partial charge in [-0.25, -0.2) is 9.78 Å². The molecule has 1 heterocycles. The molecule has 4 N–H and O–H groups in total. The highest BCUT2D eigenvalue weighted by molar-refractivity contribution is 7.18. The Balaban J connectivity index is 1.74. The molecule has 0 radical (unpaired) electrons. The number of thiazole rings is 1. The zero-order valence-corrected chi connectivity index (χ0v) is 15.3. The number of hydrogen-bond donors (Lipinski definition) is 3. The van der Waals surface area contributed by atoms with E-state index in [1.807, 2.05) is 18.2 Å². The van der Waals surface area contributed by atoms with Crippen molar-refractivity contribution >= 4 is 39.2 Å². The lowest BCUT2D eigenvalue weighted by Crippen LogP contribution is -2.39. The third kappa shape index (κ3) is 4.00. The van der Waals surface area contributed by atoms with Crippen LogP contribution in [0.2, 0.25) is 0 Å². The zero-order valence-electron chi connectivity index (χ0n) is 14.5. The van der Waals surface area contributed by atoms with Crippen LogP contribution in [0.3, 0.4) is 0 Å². The van der Waals surface area contributed by atoms with Crippen LogP contribution in [0.25, 0.3) is 10.2 Å². The Morgan fingerprint density at radius 1 is 1.12 bits per heavy atom. The molecule has 1 aromatic heterocycles. The summed E-state index contributed by atoms with van der Waals surface area (Å²) < 4.78 is 1.00. The van der Waals surface area contributed by atoms with Gasteiger partial charge in [0.15, 0.2) is 0 Å². The Kier molecular flexibility index (Phi) is 5.18. The van der Waals surface area contributed by atoms with Gasteiger partial charge in [0.25, 0.3) is 0 Å². The number of fused-ring (bicyclic) bond motifs is 1. The fourth-order valence-electron chi connectivity index (χ4n) is 2.53. The number of anilines is 1. The molecule has 0 aliphatic carbocycles. The van der Waals surface area contributed by atoms with Gasteiger partial charge < -0.3 is 16.4 Å². The Morgan fingerprint density at radius 3 is 2.50 bits per heavy atom. The van der Waals surface area contributed by atoms with Gasteiger partial charge in [-0.05, 0) is 23.8 Å². The van der Waals surface area contributed by atoms with Crippen molar-refractivity contribution in [1.29, 1.82) is 0 Å². The molecule has 0 spiro atoms. The summed E-state index contributed by atoms with van der Waals surface area (Å²) in [6, 6.07) is 13.0. The molecule has 7 heteroatoms. The SMILES string of the molecule is CC(C)c1nc2ccc(NC(=O)N[C@@H](C(N)=O)c3ccccc3)cc2s1. The van der Waals surface area contributed by atoms with Crippen LogP contribution in [-0.4, -0.2) is 16.9 Å². The first-order chi connectivity index (χ1) is 12.4. The normalized spacial score (nSPS) is 12.1. The number of carbonyl (C=O) groups excluding carboxylic acids is 2. The van der Waals surface area contributed by atoms with Crippen molar-refractivity contribution in [2.24, 2.45) is 5.73 Å². The summed E-state index contributed by atoms with van der Waals surface area (Å²) in [6.07, 6.45) is 0. The number of aromatic nitrogens is 1. The fraction of sp³-hybridized carbons (Fsp3) is 0.211. The Labute approximate surface area is 155 Å². The van der Waals surface area contributed by atoms with Crippen molar-refractivity contribution in [2.45, 2.75) is 25.8 Å². The molecule has 0 fully saturated rings. The van der Waals surface area contributed by atoms with Crippen molar-refractivity contribution in [2.75, 3.05) is 5.32 Å². The van der Waals surface area contributed by atoms with E-state index < -0.39 is 18.0 Å². The molecule has 1 atom stereocenters. The molecule has 3 amide bonds. The monoisotopic (exact) mass is 368 g/mol. The second-order valence-electron chi connectivity index (χ2n) is 6.23. The van der Waals surface area contributed by atoms with Crippen LogP contribution in [0, 0.1) is 0 Å². The molecular weight excluding hydrogens is 348 g/mol. The van der Waals surface area contributed by atoms with Gasteiger partial charge in [0.05, 0.1) is 15.2 Å². The van der Waals surface area contributed by atoms with E-state index in [0.29, 0.717) is 17.2 Å². The number of hydrogen-bond acceptors (Lipinski definition) is 4. The van der Waals surface area contributed by atoms with Crippen LogP contribution >= 0.6 is 11.3 Å². The standard InChI is InChI=1S/C19H20N4O2S/c1-11(2)18-22-14-9-8-13(10-15(14)26-18)21-19(25)23-16(17(20)24)12-6-4-3-5-7-12/h3-11,16H,1-2H3,(H2,20,24)(H2,21,23,25)/t16-/m1/s1. The summed E-state index contributed by atoms with van der Waals surface area (Å²) in [6.45, 7) is 4.19. The second-order valence-corrected chi connectivity index (χ2v) is 7.30. The number of benzene rings is 2. The maximum absolute atomic E-state index is 12.3. The number of carbonyl (C=O) groups is 2. The predicted octanol–water partition coefficient (Wildman–Crippen LogP) is 3.77. The fourth-order valence-corrected chi connectivity index (χ4v) is 3.54. The highest BCUT2D eigenvalue weighted by Crippen LogP contribution is 2.29. The maximum Gasteiger partial charge on any atom is 0.320 e. The number of rotatable bonds is 5. The van der Waals surface area contributed by atoms with E-state index in [4.69, 9.17) is 5.73 Å². The van der Waals surface area contributed by atoms with Crippen LogP contribution in [0.4, 0.5) is 10.5 Å². The summed E-state index contributed by atoms with van der Waals surface area (Å²) in [5, 5.41) is 6.42. The number of urea groups is 1. The van der Waals surface area contributed by atoms with Gasteiger partial charge in [-0.15, -0.1) is 11.3 Å². The molecule has 3 rings (SSSR count). The minimum absolute atomic E-state index is 0.356. The van der Waals surface area contributed by atoms with Crippen LogP contribution in [0.15, 0.2) is 48.5 Å². The number of amides is 3. The Bertz CT molecular complexity index is 937. The van der Waals surface area contributed by atoms with Gasteiger partial charge in [0, 0.05) is 11.6 Å². The lowest BCUT2D eigenvalue weighted by Gasteiger charge is -2.16. The third-order valence-corrected chi connectivity index (χ3v) is 5.17. The molecule has 0 aliphatic heterocycles. The smallest absolute Gasteiger partial charge is 0.320 e. The summed E-state index contributed by atoms with van der Waals surface area (Å²) >= 11 is 1.61. The molecule has 134 valence electrons. The average Bonchev–Trinajstić information content (AvgIpc) is 3.04. The first-order valence-electron chi connectivity index (χ1n) is 8.26. The first-order valence-corrected chi connectivity index (χ1v) is 9.08. The van der Waals surface area contributed by atoms with Gasteiger partial charge in [0.1, 0.15) is 6.04 Å². The topological polar surface area (TPSA) is 97.1 Å². The second kappa shape index (κ2) is 7.53. The van der Waals surface area contributed by atoms with E-state index in [-0.39, 0.29) is 0 Å². The quantitative estimate of drug-likeness (QED) is 0.639. The molecule has 0 bridgehead atoms. The molecule has 2 aromatic carbocycles. The lowest BCUT2D eigenvalue weighted by atomic mass is 10.1. The lowest BCUT2D eigenvalue weighted by molar-refractivity contribution is -0.119. The van der Waals surface area contributed by atoms with Crippen LogP contribution in [-0.2, 0) is 4.79 Å². The Hall–Kier alpha value is -2.93. The number of nitrogens with two attached hydrogens (primary N) is 1.